The number of rotatable bonds is 4. The zero-order chi connectivity index (χ0) is 17.4. The van der Waals surface area contributed by atoms with Crippen LogP contribution in [0.15, 0.2) is 24.4 Å². The maximum Gasteiger partial charge on any atom is 0.327 e. The van der Waals surface area contributed by atoms with E-state index in [2.05, 4.69) is 16.8 Å². The van der Waals surface area contributed by atoms with E-state index >= 15 is 0 Å². The second-order valence-corrected chi connectivity index (χ2v) is 7.40. The number of hydrogen-bond acceptors (Lipinski definition) is 4. The molecule has 1 atom stereocenters. The van der Waals surface area contributed by atoms with Crippen molar-refractivity contribution in [2.75, 3.05) is 24.5 Å². The number of carbonyl (C=O) groups is 2. The van der Waals surface area contributed by atoms with Crippen LogP contribution in [-0.2, 0) is 4.79 Å². The van der Waals surface area contributed by atoms with Gasteiger partial charge < -0.3 is 9.80 Å². The van der Waals surface area contributed by atoms with Crippen LogP contribution in [0, 0.1) is 0 Å². The molecule has 3 aliphatic heterocycles. The molecular weight excluding hydrogens is 316 g/mol. The Balaban J connectivity index is 1.48. The number of pyridine rings is 1. The van der Waals surface area contributed by atoms with Crippen molar-refractivity contribution in [1.29, 1.82) is 0 Å². The zero-order valence-corrected chi connectivity index (χ0v) is 14.9. The molecule has 4 heterocycles. The van der Waals surface area contributed by atoms with E-state index in [0.717, 1.165) is 64.0 Å². The number of carbonyl (C=O) groups excluding carboxylic acids is 2. The van der Waals surface area contributed by atoms with E-state index in [1.54, 1.807) is 11.1 Å². The molecule has 6 nitrogen and oxygen atoms in total. The normalized spacial score (nSPS) is 27.3. The summed E-state index contributed by atoms with van der Waals surface area (Å²) in [7, 11) is 0. The summed E-state index contributed by atoms with van der Waals surface area (Å²) in [6.07, 6.45) is 6.95. The van der Waals surface area contributed by atoms with Crippen LogP contribution < -0.4 is 4.90 Å². The molecule has 0 bridgehead atoms. The third-order valence-corrected chi connectivity index (χ3v) is 6.01. The predicted molar refractivity (Wildman–Crippen MR) is 95.3 cm³/mol. The summed E-state index contributed by atoms with van der Waals surface area (Å²) in [5.41, 5.74) is -0.538. The first-order valence-corrected chi connectivity index (χ1v) is 9.48. The standard InChI is InChI=1S/C19H26N4O2/c1-2-9-19-10-5-12-22(19)18(25)23(17(19)24)15-7-13-21(14-8-15)16-6-3-4-11-20-16/h3-4,6,11,15H,2,5,7-10,12-14H2,1H3. The van der Waals surface area contributed by atoms with Gasteiger partial charge in [-0.05, 0) is 44.2 Å². The third-order valence-electron chi connectivity index (χ3n) is 6.01. The maximum atomic E-state index is 13.2. The summed E-state index contributed by atoms with van der Waals surface area (Å²) in [6.45, 7) is 4.49. The summed E-state index contributed by atoms with van der Waals surface area (Å²) in [4.78, 5) is 36.2. The number of nitrogens with zero attached hydrogens (tertiary/aromatic N) is 4. The fourth-order valence-electron chi connectivity index (χ4n) is 4.82. The van der Waals surface area contributed by atoms with Gasteiger partial charge in [0.05, 0.1) is 0 Å². The average Bonchev–Trinajstić information content (AvgIpc) is 3.15. The van der Waals surface area contributed by atoms with Gasteiger partial charge in [-0.3, -0.25) is 9.69 Å². The molecule has 1 unspecified atom stereocenters. The number of urea groups is 1. The summed E-state index contributed by atoms with van der Waals surface area (Å²) >= 11 is 0. The first kappa shape index (κ1) is 16.4. The molecule has 3 aliphatic rings. The van der Waals surface area contributed by atoms with Crippen LogP contribution in [0.4, 0.5) is 10.6 Å². The Morgan fingerprint density at radius 2 is 2.00 bits per heavy atom. The van der Waals surface area contributed by atoms with E-state index in [0.29, 0.717) is 0 Å². The summed E-state index contributed by atoms with van der Waals surface area (Å²) < 4.78 is 0. The molecule has 0 radical (unpaired) electrons. The highest BCUT2D eigenvalue weighted by Gasteiger charge is 2.60. The SMILES string of the molecule is CCCC12CCCN1C(=O)N(C1CCN(c3ccccn3)CC1)C2=O. The quantitative estimate of drug-likeness (QED) is 0.790. The third kappa shape index (κ3) is 2.50. The molecular formula is C19H26N4O2. The largest absolute Gasteiger partial charge is 0.356 e. The lowest BCUT2D eigenvalue weighted by molar-refractivity contribution is -0.134. The maximum absolute atomic E-state index is 13.2. The number of fused-ring (bicyclic) bond motifs is 1. The van der Waals surface area contributed by atoms with Gasteiger partial charge in [-0.15, -0.1) is 0 Å². The number of amides is 3. The topological polar surface area (TPSA) is 56.8 Å². The van der Waals surface area contributed by atoms with Crippen LogP contribution in [0.1, 0.15) is 45.4 Å². The highest BCUT2D eigenvalue weighted by molar-refractivity contribution is 6.07. The van der Waals surface area contributed by atoms with E-state index in [1.807, 2.05) is 23.1 Å². The predicted octanol–water partition coefficient (Wildman–Crippen LogP) is 2.65. The number of imide groups is 1. The fourth-order valence-corrected chi connectivity index (χ4v) is 4.82. The summed E-state index contributed by atoms with van der Waals surface area (Å²) in [5, 5.41) is 0. The van der Waals surface area contributed by atoms with Gasteiger partial charge in [-0.2, -0.15) is 0 Å². The molecule has 3 fully saturated rings. The van der Waals surface area contributed by atoms with Crippen LogP contribution in [-0.4, -0.2) is 57.9 Å². The van der Waals surface area contributed by atoms with Gasteiger partial charge in [0.1, 0.15) is 11.4 Å². The molecule has 0 N–H and O–H groups in total. The van der Waals surface area contributed by atoms with Gasteiger partial charge in [-0.1, -0.05) is 19.4 Å². The monoisotopic (exact) mass is 342 g/mol. The Bertz CT molecular complexity index is 657. The molecule has 1 aromatic heterocycles. The lowest BCUT2D eigenvalue weighted by Crippen LogP contribution is -2.49. The van der Waals surface area contributed by atoms with Gasteiger partial charge in [0.25, 0.3) is 5.91 Å². The number of aromatic nitrogens is 1. The minimum atomic E-state index is -0.538. The van der Waals surface area contributed by atoms with Crippen LogP contribution in [0.3, 0.4) is 0 Å². The Kier molecular flexibility index (Phi) is 4.13. The van der Waals surface area contributed by atoms with Crippen molar-refractivity contribution in [1.82, 2.24) is 14.8 Å². The second-order valence-electron chi connectivity index (χ2n) is 7.40. The van der Waals surface area contributed by atoms with E-state index in [-0.39, 0.29) is 18.0 Å². The molecule has 1 aromatic rings. The molecule has 3 saturated heterocycles. The Morgan fingerprint density at radius 3 is 2.68 bits per heavy atom. The molecule has 134 valence electrons. The zero-order valence-electron chi connectivity index (χ0n) is 14.9. The molecule has 6 heteroatoms. The van der Waals surface area contributed by atoms with Crippen LogP contribution >= 0.6 is 0 Å². The minimum absolute atomic E-state index is 0.0271. The van der Waals surface area contributed by atoms with Gasteiger partial charge in [0.15, 0.2) is 0 Å². The van der Waals surface area contributed by atoms with Crippen molar-refractivity contribution in [3.63, 3.8) is 0 Å². The van der Waals surface area contributed by atoms with E-state index < -0.39 is 5.54 Å². The van der Waals surface area contributed by atoms with Crippen molar-refractivity contribution in [2.45, 2.75) is 57.0 Å². The molecule has 0 aromatic carbocycles. The van der Waals surface area contributed by atoms with Crippen molar-refractivity contribution in [3.8, 4) is 0 Å². The molecule has 25 heavy (non-hydrogen) atoms. The Labute approximate surface area is 148 Å². The van der Waals surface area contributed by atoms with Crippen LogP contribution in [0.25, 0.3) is 0 Å². The van der Waals surface area contributed by atoms with Crippen molar-refractivity contribution in [3.05, 3.63) is 24.4 Å². The molecule has 3 amide bonds. The summed E-state index contributed by atoms with van der Waals surface area (Å²) in [6, 6.07) is 5.90. The fraction of sp³-hybridized carbons (Fsp3) is 0.632. The first-order chi connectivity index (χ1) is 12.2. The first-order valence-electron chi connectivity index (χ1n) is 9.48. The second kappa shape index (κ2) is 6.32. The van der Waals surface area contributed by atoms with Crippen LogP contribution in [0.2, 0.25) is 0 Å². The lowest BCUT2D eigenvalue weighted by atomic mass is 9.90. The van der Waals surface area contributed by atoms with Crippen LogP contribution in [0.5, 0.6) is 0 Å². The number of anilines is 1. The molecule has 0 aliphatic carbocycles. The van der Waals surface area contributed by atoms with Crippen molar-refractivity contribution in [2.24, 2.45) is 0 Å². The molecule has 0 saturated carbocycles. The van der Waals surface area contributed by atoms with E-state index in [4.69, 9.17) is 0 Å². The van der Waals surface area contributed by atoms with Gasteiger partial charge in [-0.25, -0.2) is 9.78 Å². The highest BCUT2D eigenvalue weighted by Crippen LogP contribution is 2.42. The number of piperidine rings is 1. The minimum Gasteiger partial charge on any atom is -0.356 e. The highest BCUT2D eigenvalue weighted by atomic mass is 16.2. The number of hydrogen-bond donors (Lipinski definition) is 0. The van der Waals surface area contributed by atoms with Gasteiger partial charge in [0, 0.05) is 31.9 Å². The van der Waals surface area contributed by atoms with Gasteiger partial charge >= 0.3 is 6.03 Å². The molecule has 4 rings (SSSR count). The average molecular weight is 342 g/mol. The smallest absolute Gasteiger partial charge is 0.327 e. The van der Waals surface area contributed by atoms with Crippen molar-refractivity contribution < 1.29 is 9.59 Å². The summed E-state index contributed by atoms with van der Waals surface area (Å²) in [5.74, 6) is 1.04. The van der Waals surface area contributed by atoms with Crippen molar-refractivity contribution >= 4 is 17.8 Å². The van der Waals surface area contributed by atoms with E-state index in [9.17, 15) is 9.59 Å². The van der Waals surface area contributed by atoms with E-state index in [1.165, 1.54) is 0 Å². The molecule has 0 spiro atoms. The lowest BCUT2D eigenvalue weighted by Gasteiger charge is -2.36. The Morgan fingerprint density at radius 1 is 1.20 bits per heavy atom. The van der Waals surface area contributed by atoms with Gasteiger partial charge in [0.2, 0.25) is 0 Å². The Hall–Kier alpha value is -2.11.